The molecule has 0 aliphatic heterocycles. The van der Waals surface area contributed by atoms with Crippen molar-refractivity contribution in [2.24, 2.45) is 0 Å². The van der Waals surface area contributed by atoms with Crippen LogP contribution in [0.3, 0.4) is 0 Å². The van der Waals surface area contributed by atoms with Gasteiger partial charge in [-0.3, -0.25) is 5.10 Å². The fourth-order valence-electron chi connectivity index (χ4n) is 1.15. The molecule has 0 radical (unpaired) electrons. The predicted octanol–water partition coefficient (Wildman–Crippen LogP) is 3.50. The molecule has 0 unspecified atom stereocenters. The highest BCUT2D eigenvalue weighted by Crippen LogP contribution is 2.28. The summed E-state index contributed by atoms with van der Waals surface area (Å²) in [6.07, 6.45) is 0. The molecule has 1 aromatic heterocycles. The minimum atomic E-state index is 0. The number of nitrogens with two attached hydrogens (primary N) is 1. The topological polar surface area (TPSA) is 54.7 Å². The molecule has 1 aromatic carbocycles. The molecule has 0 amide bonds. The number of nitrogen functional groups attached to an aromatic ring is 1. The van der Waals surface area contributed by atoms with Gasteiger partial charge in [0.05, 0.1) is 10.7 Å². The quantitative estimate of drug-likeness (QED) is 0.847. The lowest BCUT2D eigenvalue weighted by Crippen LogP contribution is -1.81. The third kappa shape index (κ3) is 2.65. The summed E-state index contributed by atoms with van der Waals surface area (Å²) in [6.45, 7) is 0. The zero-order valence-electron chi connectivity index (χ0n) is 7.50. The summed E-state index contributed by atoms with van der Waals surface area (Å²) >= 11 is 9.28. The second-order valence-electron chi connectivity index (χ2n) is 2.84. The molecule has 0 atom stereocenters. The van der Waals surface area contributed by atoms with E-state index in [2.05, 4.69) is 26.1 Å². The standard InChI is InChI=1S/C9H7BrClN3.ClH/c10-6-2-1-5(3-7(6)11)8-4-9(12)14-13-8;/h1-4H,(H3,12,13,14);1H. The maximum Gasteiger partial charge on any atom is 0.145 e. The van der Waals surface area contributed by atoms with E-state index in [0.29, 0.717) is 10.8 Å². The molecular weight excluding hydrogens is 301 g/mol. The highest BCUT2D eigenvalue weighted by molar-refractivity contribution is 9.10. The maximum absolute atomic E-state index is 5.96. The fraction of sp³-hybridized carbons (Fsp3) is 0. The Hall–Kier alpha value is -0.710. The number of halogens is 3. The lowest BCUT2D eigenvalue weighted by Gasteiger charge is -1.99. The normalized spacial score (nSPS) is 9.73. The first-order chi connectivity index (χ1) is 6.66. The summed E-state index contributed by atoms with van der Waals surface area (Å²) in [5.41, 5.74) is 7.32. The smallest absolute Gasteiger partial charge is 0.145 e. The number of aromatic amines is 1. The van der Waals surface area contributed by atoms with E-state index in [-0.39, 0.29) is 12.4 Å². The van der Waals surface area contributed by atoms with Gasteiger partial charge in [-0.1, -0.05) is 17.7 Å². The van der Waals surface area contributed by atoms with Gasteiger partial charge in [0.1, 0.15) is 5.82 Å². The van der Waals surface area contributed by atoms with Gasteiger partial charge in [0.15, 0.2) is 0 Å². The fourth-order valence-corrected chi connectivity index (χ4v) is 1.58. The summed E-state index contributed by atoms with van der Waals surface area (Å²) in [4.78, 5) is 0. The lowest BCUT2D eigenvalue weighted by molar-refractivity contribution is 1.10. The Labute approximate surface area is 107 Å². The van der Waals surface area contributed by atoms with Crippen molar-refractivity contribution in [1.82, 2.24) is 10.2 Å². The molecule has 0 saturated heterocycles. The molecule has 0 saturated carbocycles. The third-order valence-electron chi connectivity index (χ3n) is 1.83. The molecule has 3 N–H and O–H groups in total. The van der Waals surface area contributed by atoms with Crippen molar-refractivity contribution in [1.29, 1.82) is 0 Å². The van der Waals surface area contributed by atoms with Gasteiger partial charge in [0.25, 0.3) is 0 Å². The van der Waals surface area contributed by atoms with E-state index >= 15 is 0 Å². The molecule has 80 valence electrons. The van der Waals surface area contributed by atoms with E-state index < -0.39 is 0 Å². The van der Waals surface area contributed by atoms with Gasteiger partial charge in [-0.25, -0.2) is 0 Å². The lowest BCUT2D eigenvalue weighted by atomic mass is 10.1. The van der Waals surface area contributed by atoms with Crippen molar-refractivity contribution < 1.29 is 0 Å². The van der Waals surface area contributed by atoms with Crippen LogP contribution in [0.4, 0.5) is 5.82 Å². The van der Waals surface area contributed by atoms with Crippen molar-refractivity contribution in [2.75, 3.05) is 5.73 Å². The van der Waals surface area contributed by atoms with Gasteiger partial charge < -0.3 is 5.73 Å². The molecule has 6 heteroatoms. The van der Waals surface area contributed by atoms with Crippen LogP contribution in [0.25, 0.3) is 11.3 Å². The summed E-state index contributed by atoms with van der Waals surface area (Å²) in [6, 6.07) is 7.43. The second kappa shape index (κ2) is 4.88. The van der Waals surface area contributed by atoms with Gasteiger partial charge in [-0.15, -0.1) is 12.4 Å². The predicted molar refractivity (Wildman–Crippen MR) is 68.4 cm³/mol. The summed E-state index contributed by atoms with van der Waals surface area (Å²) < 4.78 is 0.871. The van der Waals surface area contributed by atoms with Crippen LogP contribution in [-0.4, -0.2) is 10.2 Å². The highest BCUT2D eigenvalue weighted by atomic mass is 79.9. The van der Waals surface area contributed by atoms with Crippen molar-refractivity contribution in [3.63, 3.8) is 0 Å². The Balaban J connectivity index is 0.00000112. The van der Waals surface area contributed by atoms with Crippen molar-refractivity contribution in [3.05, 3.63) is 33.8 Å². The maximum atomic E-state index is 5.96. The van der Waals surface area contributed by atoms with Crippen LogP contribution < -0.4 is 5.73 Å². The molecular formula is C9H8BrCl2N3. The minimum absolute atomic E-state index is 0. The van der Waals surface area contributed by atoms with Crippen LogP contribution in [0.1, 0.15) is 0 Å². The summed E-state index contributed by atoms with van der Waals surface area (Å²) in [7, 11) is 0. The zero-order chi connectivity index (χ0) is 10.1. The Morgan fingerprint density at radius 3 is 2.60 bits per heavy atom. The zero-order valence-corrected chi connectivity index (χ0v) is 10.7. The average molecular weight is 309 g/mol. The van der Waals surface area contributed by atoms with E-state index in [9.17, 15) is 0 Å². The largest absolute Gasteiger partial charge is 0.382 e. The molecule has 3 nitrogen and oxygen atoms in total. The van der Waals surface area contributed by atoms with Crippen molar-refractivity contribution >= 4 is 45.8 Å². The number of H-pyrrole nitrogens is 1. The van der Waals surface area contributed by atoms with Crippen LogP contribution >= 0.6 is 39.9 Å². The second-order valence-corrected chi connectivity index (χ2v) is 4.10. The first kappa shape index (κ1) is 12.4. The molecule has 0 fully saturated rings. The molecule has 0 spiro atoms. The molecule has 0 aliphatic rings. The van der Waals surface area contributed by atoms with Gasteiger partial charge >= 0.3 is 0 Å². The SMILES string of the molecule is Cl.Nc1cc(-c2ccc(Br)c(Cl)c2)[nH]n1. The van der Waals surface area contributed by atoms with E-state index in [1.165, 1.54) is 0 Å². The molecule has 15 heavy (non-hydrogen) atoms. The molecule has 1 heterocycles. The summed E-state index contributed by atoms with van der Waals surface area (Å²) in [5, 5.41) is 7.33. The van der Waals surface area contributed by atoms with Gasteiger partial charge in [-0.05, 0) is 28.1 Å². The first-order valence-corrected chi connectivity index (χ1v) is 5.10. The molecule has 0 aliphatic carbocycles. The number of nitrogens with zero attached hydrogens (tertiary/aromatic N) is 1. The number of anilines is 1. The van der Waals surface area contributed by atoms with Crippen LogP contribution in [0.15, 0.2) is 28.7 Å². The number of rotatable bonds is 1. The van der Waals surface area contributed by atoms with Crippen LogP contribution in [0.5, 0.6) is 0 Å². The van der Waals surface area contributed by atoms with Crippen LogP contribution in [-0.2, 0) is 0 Å². The Morgan fingerprint density at radius 2 is 2.07 bits per heavy atom. The number of benzene rings is 1. The average Bonchev–Trinajstić information content (AvgIpc) is 2.57. The highest BCUT2D eigenvalue weighted by Gasteiger charge is 2.03. The van der Waals surface area contributed by atoms with E-state index in [1.807, 2.05) is 18.2 Å². The number of nitrogens with one attached hydrogen (secondary N) is 1. The minimum Gasteiger partial charge on any atom is -0.382 e. The van der Waals surface area contributed by atoms with Gasteiger partial charge in [-0.2, -0.15) is 5.10 Å². The molecule has 0 bridgehead atoms. The monoisotopic (exact) mass is 307 g/mol. The molecule has 2 rings (SSSR count). The van der Waals surface area contributed by atoms with Crippen molar-refractivity contribution in [3.8, 4) is 11.3 Å². The molecule has 2 aromatic rings. The summed E-state index contributed by atoms with van der Waals surface area (Å²) in [5.74, 6) is 0.471. The number of hydrogen-bond donors (Lipinski definition) is 2. The van der Waals surface area contributed by atoms with Crippen molar-refractivity contribution in [2.45, 2.75) is 0 Å². The van der Waals surface area contributed by atoms with Crippen LogP contribution in [0.2, 0.25) is 5.02 Å². The number of aromatic nitrogens is 2. The number of hydrogen-bond acceptors (Lipinski definition) is 2. The third-order valence-corrected chi connectivity index (χ3v) is 3.06. The van der Waals surface area contributed by atoms with Gasteiger partial charge in [0, 0.05) is 16.1 Å². The Bertz CT molecular complexity index is 470. The van der Waals surface area contributed by atoms with E-state index in [1.54, 1.807) is 6.07 Å². The van der Waals surface area contributed by atoms with E-state index in [0.717, 1.165) is 15.7 Å². The van der Waals surface area contributed by atoms with Crippen LogP contribution in [0, 0.1) is 0 Å². The Kier molecular flexibility index (Phi) is 4.02. The first-order valence-electron chi connectivity index (χ1n) is 3.93. The van der Waals surface area contributed by atoms with E-state index in [4.69, 9.17) is 17.3 Å². The van der Waals surface area contributed by atoms with Gasteiger partial charge in [0.2, 0.25) is 0 Å². The Morgan fingerprint density at radius 1 is 1.33 bits per heavy atom.